The molecule has 0 saturated carbocycles. The van der Waals surface area contributed by atoms with Crippen LogP contribution in [0.5, 0.6) is 0 Å². The number of hydrogen-bond donors (Lipinski definition) is 0. The number of pyridine rings is 1. The van der Waals surface area contributed by atoms with E-state index < -0.39 is 0 Å². The normalized spacial score (nSPS) is 16.6. The summed E-state index contributed by atoms with van der Waals surface area (Å²) in [6, 6.07) is 5.30. The van der Waals surface area contributed by atoms with Gasteiger partial charge in [-0.1, -0.05) is 11.6 Å². The molecule has 0 aliphatic carbocycles. The van der Waals surface area contributed by atoms with Crippen molar-refractivity contribution in [2.24, 2.45) is 0 Å². The maximum atomic E-state index is 12.5. The number of amides is 1. The standard InChI is InChI=1S/C15H18ClN5O/c1-12(21-6-2-5-18-21)15(22)20-9-7-19(8-10-20)14-4-3-13(16)11-17-14/h2-6,11-12H,7-10H2,1H3. The van der Waals surface area contributed by atoms with Crippen LogP contribution in [0.4, 0.5) is 5.82 Å². The van der Waals surface area contributed by atoms with Crippen LogP contribution in [0.15, 0.2) is 36.8 Å². The highest BCUT2D eigenvalue weighted by molar-refractivity contribution is 6.30. The minimum absolute atomic E-state index is 0.104. The van der Waals surface area contributed by atoms with Crippen molar-refractivity contribution in [3.63, 3.8) is 0 Å². The van der Waals surface area contributed by atoms with Crippen LogP contribution in [0, 0.1) is 0 Å². The van der Waals surface area contributed by atoms with Crippen molar-refractivity contribution < 1.29 is 4.79 Å². The summed E-state index contributed by atoms with van der Waals surface area (Å²) >= 11 is 5.86. The second-order valence-corrected chi connectivity index (χ2v) is 5.75. The highest BCUT2D eigenvalue weighted by Crippen LogP contribution is 2.17. The molecular formula is C15H18ClN5O. The molecule has 116 valence electrons. The Labute approximate surface area is 134 Å². The molecule has 0 radical (unpaired) electrons. The Morgan fingerprint density at radius 3 is 2.64 bits per heavy atom. The first kappa shape index (κ1) is 14.8. The van der Waals surface area contributed by atoms with Gasteiger partial charge in [0, 0.05) is 44.8 Å². The first-order valence-corrected chi connectivity index (χ1v) is 7.67. The van der Waals surface area contributed by atoms with Crippen LogP contribution >= 0.6 is 11.6 Å². The molecule has 1 unspecified atom stereocenters. The van der Waals surface area contributed by atoms with Crippen molar-refractivity contribution >= 4 is 23.3 Å². The van der Waals surface area contributed by atoms with Crippen molar-refractivity contribution in [2.45, 2.75) is 13.0 Å². The molecule has 3 heterocycles. The fourth-order valence-electron chi connectivity index (χ4n) is 2.60. The zero-order valence-corrected chi connectivity index (χ0v) is 13.1. The fourth-order valence-corrected chi connectivity index (χ4v) is 2.71. The number of carbonyl (C=O) groups is 1. The van der Waals surface area contributed by atoms with E-state index in [-0.39, 0.29) is 11.9 Å². The smallest absolute Gasteiger partial charge is 0.247 e. The number of aromatic nitrogens is 3. The first-order chi connectivity index (χ1) is 10.6. The number of carbonyl (C=O) groups excluding carboxylic acids is 1. The third kappa shape index (κ3) is 3.06. The molecule has 1 aliphatic heterocycles. The van der Waals surface area contributed by atoms with E-state index in [0.717, 1.165) is 18.9 Å². The van der Waals surface area contributed by atoms with E-state index in [1.807, 2.05) is 36.2 Å². The highest BCUT2D eigenvalue weighted by atomic mass is 35.5. The molecule has 0 spiro atoms. The van der Waals surface area contributed by atoms with Crippen LogP contribution in [0.3, 0.4) is 0 Å². The van der Waals surface area contributed by atoms with Crippen molar-refractivity contribution in [1.82, 2.24) is 19.7 Å². The van der Waals surface area contributed by atoms with Crippen molar-refractivity contribution in [1.29, 1.82) is 0 Å². The lowest BCUT2D eigenvalue weighted by Gasteiger charge is -2.36. The number of halogens is 1. The van der Waals surface area contributed by atoms with Crippen molar-refractivity contribution in [3.8, 4) is 0 Å². The van der Waals surface area contributed by atoms with Gasteiger partial charge in [-0.3, -0.25) is 9.48 Å². The number of piperazine rings is 1. The topological polar surface area (TPSA) is 54.3 Å². The van der Waals surface area contributed by atoms with Gasteiger partial charge in [0.25, 0.3) is 0 Å². The van der Waals surface area contributed by atoms with Gasteiger partial charge in [0.05, 0.1) is 5.02 Å². The molecule has 0 bridgehead atoms. The second-order valence-electron chi connectivity index (χ2n) is 5.31. The molecule has 7 heteroatoms. The van der Waals surface area contributed by atoms with Crippen LogP contribution in [-0.4, -0.2) is 51.8 Å². The molecule has 6 nitrogen and oxygen atoms in total. The second kappa shape index (κ2) is 6.36. The van der Waals surface area contributed by atoms with Gasteiger partial charge < -0.3 is 9.80 Å². The van der Waals surface area contributed by atoms with E-state index in [0.29, 0.717) is 18.1 Å². The predicted molar refractivity (Wildman–Crippen MR) is 85.0 cm³/mol. The highest BCUT2D eigenvalue weighted by Gasteiger charge is 2.26. The lowest BCUT2D eigenvalue weighted by atomic mass is 10.2. The van der Waals surface area contributed by atoms with E-state index in [9.17, 15) is 4.79 Å². The summed E-state index contributed by atoms with van der Waals surface area (Å²) in [4.78, 5) is 20.9. The molecule has 2 aromatic heterocycles. The Hall–Kier alpha value is -2.08. The van der Waals surface area contributed by atoms with Crippen LogP contribution < -0.4 is 4.90 Å². The Kier molecular flexibility index (Phi) is 4.29. The zero-order valence-electron chi connectivity index (χ0n) is 12.4. The summed E-state index contributed by atoms with van der Waals surface area (Å²) in [5, 5.41) is 4.77. The lowest BCUT2D eigenvalue weighted by molar-refractivity contribution is -0.134. The van der Waals surface area contributed by atoms with Gasteiger partial charge in [0.1, 0.15) is 11.9 Å². The van der Waals surface area contributed by atoms with E-state index in [4.69, 9.17) is 11.6 Å². The maximum absolute atomic E-state index is 12.5. The lowest BCUT2D eigenvalue weighted by Crippen LogP contribution is -2.50. The molecule has 1 aliphatic rings. The first-order valence-electron chi connectivity index (χ1n) is 7.29. The Bertz CT molecular complexity index is 620. The van der Waals surface area contributed by atoms with Gasteiger partial charge in [0.15, 0.2) is 0 Å². The van der Waals surface area contributed by atoms with Gasteiger partial charge in [-0.2, -0.15) is 5.10 Å². The van der Waals surface area contributed by atoms with E-state index in [1.165, 1.54) is 0 Å². The number of rotatable bonds is 3. The molecule has 3 rings (SSSR count). The molecule has 1 fully saturated rings. The van der Waals surface area contributed by atoms with Gasteiger partial charge in [-0.25, -0.2) is 4.98 Å². The number of anilines is 1. The SMILES string of the molecule is CC(C(=O)N1CCN(c2ccc(Cl)cn2)CC1)n1cccn1. The molecule has 0 aromatic carbocycles. The van der Waals surface area contributed by atoms with Crippen molar-refractivity contribution in [3.05, 3.63) is 41.8 Å². The largest absolute Gasteiger partial charge is 0.353 e. The monoisotopic (exact) mass is 319 g/mol. The van der Waals surface area contributed by atoms with Crippen LogP contribution in [0.25, 0.3) is 0 Å². The average molecular weight is 320 g/mol. The molecule has 22 heavy (non-hydrogen) atoms. The molecule has 1 atom stereocenters. The van der Waals surface area contributed by atoms with Crippen LogP contribution in [0.2, 0.25) is 5.02 Å². The zero-order chi connectivity index (χ0) is 15.5. The minimum Gasteiger partial charge on any atom is -0.353 e. The quantitative estimate of drug-likeness (QED) is 0.866. The Balaban J connectivity index is 1.59. The maximum Gasteiger partial charge on any atom is 0.247 e. The Morgan fingerprint density at radius 1 is 1.27 bits per heavy atom. The van der Waals surface area contributed by atoms with Gasteiger partial charge in [0.2, 0.25) is 5.91 Å². The minimum atomic E-state index is -0.268. The van der Waals surface area contributed by atoms with E-state index >= 15 is 0 Å². The van der Waals surface area contributed by atoms with Gasteiger partial charge in [-0.15, -0.1) is 0 Å². The summed E-state index contributed by atoms with van der Waals surface area (Å²) in [6.07, 6.45) is 5.15. The van der Waals surface area contributed by atoms with Crippen LogP contribution in [0.1, 0.15) is 13.0 Å². The molecule has 2 aromatic rings. The summed E-state index contributed by atoms with van der Waals surface area (Å²) < 4.78 is 1.69. The summed E-state index contributed by atoms with van der Waals surface area (Å²) in [5.41, 5.74) is 0. The summed E-state index contributed by atoms with van der Waals surface area (Å²) in [7, 11) is 0. The summed E-state index contributed by atoms with van der Waals surface area (Å²) in [6.45, 7) is 4.80. The molecule has 1 amide bonds. The predicted octanol–water partition coefficient (Wildman–Crippen LogP) is 1.84. The summed E-state index contributed by atoms with van der Waals surface area (Å²) in [5.74, 6) is 1.00. The molecule has 0 N–H and O–H groups in total. The van der Waals surface area contributed by atoms with E-state index in [1.54, 1.807) is 17.1 Å². The van der Waals surface area contributed by atoms with Gasteiger partial charge in [-0.05, 0) is 25.1 Å². The Morgan fingerprint density at radius 2 is 2.05 bits per heavy atom. The van der Waals surface area contributed by atoms with Crippen molar-refractivity contribution in [2.75, 3.05) is 31.1 Å². The third-order valence-electron chi connectivity index (χ3n) is 3.91. The van der Waals surface area contributed by atoms with Gasteiger partial charge >= 0.3 is 0 Å². The number of hydrogen-bond acceptors (Lipinski definition) is 4. The number of nitrogens with zero attached hydrogens (tertiary/aromatic N) is 5. The fraction of sp³-hybridized carbons (Fsp3) is 0.400. The molecule has 1 saturated heterocycles. The third-order valence-corrected chi connectivity index (χ3v) is 4.13. The van der Waals surface area contributed by atoms with E-state index in [2.05, 4.69) is 15.0 Å². The molecular weight excluding hydrogens is 302 g/mol. The average Bonchev–Trinajstić information content (AvgIpc) is 3.09. The van der Waals surface area contributed by atoms with Crippen LogP contribution in [-0.2, 0) is 4.79 Å².